The third-order valence-electron chi connectivity index (χ3n) is 3.89. The lowest BCUT2D eigenvalue weighted by molar-refractivity contribution is -0.160. The molecule has 1 aliphatic rings. The number of piperidine rings is 1. The molecule has 0 amide bonds. The molecule has 0 aliphatic carbocycles. The molecule has 18 heavy (non-hydrogen) atoms. The van der Waals surface area contributed by atoms with Gasteiger partial charge in [-0.1, -0.05) is 20.8 Å². The first kappa shape index (κ1) is 15.4. The van der Waals surface area contributed by atoms with E-state index in [4.69, 9.17) is 4.74 Å². The summed E-state index contributed by atoms with van der Waals surface area (Å²) in [5, 5.41) is 10.7. The molecule has 1 unspecified atom stereocenters. The summed E-state index contributed by atoms with van der Waals surface area (Å²) in [4.78, 5) is 14.1. The number of hydrogen-bond acceptors (Lipinski definition) is 4. The monoisotopic (exact) mass is 257 g/mol. The van der Waals surface area contributed by atoms with E-state index in [1.165, 1.54) is 7.11 Å². The number of methoxy groups -OCH3 is 1. The first-order chi connectivity index (χ1) is 8.42. The Hall–Kier alpha value is -0.610. The van der Waals surface area contributed by atoms with Crippen molar-refractivity contribution >= 4 is 5.97 Å². The van der Waals surface area contributed by atoms with E-state index in [0.29, 0.717) is 25.2 Å². The second-order valence-corrected chi connectivity index (χ2v) is 5.78. The fraction of sp³-hybridized carbons (Fsp3) is 0.929. The molecule has 0 aromatic heterocycles. The number of aliphatic hydroxyl groups is 1. The Bertz CT molecular complexity index is 270. The predicted molar refractivity (Wildman–Crippen MR) is 71.3 cm³/mol. The van der Waals surface area contributed by atoms with Gasteiger partial charge in [0, 0.05) is 19.6 Å². The zero-order valence-electron chi connectivity index (χ0n) is 12.1. The third kappa shape index (κ3) is 3.69. The second-order valence-electron chi connectivity index (χ2n) is 5.78. The van der Waals surface area contributed by atoms with Crippen LogP contribution in [-0.2, 0) is 9.53 Å². The molecule has 0 aromatic carbocycles. The summed E-state index contributed by atoms with van der Waals surface area (Å²) in [6.45, 7) is 9.11. The van der Waals surface area contributed by atoms with Crippen LogP contribution in [0.5, 0.6) is 0 Å². The molecule has 1 rings (SSSR count). The number of likely N-dealkylation sites (tertiary alicyclic amines) is 1. The first-order valence-corrected chi connectivity index (χ1v) is 6.95. The minimum absolute atomic E-state index is 0.280. The quantitative estimate of drug-likeness (QED) is 0.761. The third-order valence-corrected chi connectivity index (χ3v) is 3.89. The number of nitrogens with zero attached hydrogens (tertiary/aromatic N) is 1. The maximum absolute atomic E-state index is 11.7. The van der Waals surface area contributed by atoms with Crippen molar-refractivity contribution in [1.29, 1.82) is 0 Å². The van der Waals surface area contributed by atoms with Crippen LogP contribution in [0.3, 0.4) is 0 Å². The Morgan fingerprint density at radius 1 is 1.39 bits per heavy atom. The Morgan fingerprint density at radius 3 is 2.33 bits per heavy atom. The number of carbonyl (C=O) groups excluding carboxylic acids is 1. The van der Waals surface area contributed by atoms with Crippen LogP contribution in [0.1, 0.15) is 40.0 Å². The number of hydrogen-bond donors (Lipinski definition) is 1. The molecule has 0 radical (unpaired) electrons. The minimum atomic E-state index is -0.880. The average Bonchev–Trinajstić information content (AvgIpc) is 2.32. The van der Waals surface area contributed by atoms with Gasteiger partial charge in [-0.15, -0.1) is 0 Å². The molecule has 0 spiro atoms. The molecule has 0 saturated carbocycles. The van der Waals surface area contributed by atoms with Crippen LogP contribution in [0, 0.1) is 11.8 Å². The highest BCUT2D eigenvalue weighted by Gasteiger charge is 2.43. The van der Waals surface area contributed by atoms with E-state index < -0.39 is 5.60 Å². The Labute approximate surface area is 110 Å². The summed E-state index contributed by atoms with van der Waals surface area (Å²) < 4.78 is 4.80. The Kier molecular flexibility index (Phi) is 5.60. The molecule has 106 valence electrons. The van der Waals surface area contributed by atoms with E-state index in [2.05, 4.69) is 18.7 Å². The Morgan fingerprint density at radius 2 is 1.94 bits per heavy atom. The number of carbonyl (C=O) groups is 1. The molecule has 4 heteroatoms. The van der Waals surface area contributed by atoms with Gasteiger partial charge in [0.25, 0.3) is 0 Å². The lowest BCUT2D eigenvalue weighted by Crippen LogP contribution is -2.51. The standard InChI is InChI=1S/C14H27NO3/c1-5-12(13(16)18-4)14(17)6-8-15(9-7-14)10-11(2)3/h11-12,17H,5-10H2,1-4H3. The van der Waals surface area contributed by atoms with E-state index in [1.807, 2.05) is 6.92 Å². The van der Waals surface area contributed by atoms with Crippen LogP contribution in [0.2, 0.25) is 0 Å². The summed E-state index contributed by atoms with van der Waals surface area (Å²) in [5.74, 6) is -0.0280. The van der Waals surface area contributed by atoms with Crippen molar-refractivity contribution in [3.8, 4) is 0 Å². The van der Waals surface area contributed by atoms with Gasteiger partial charge in [0.15, 0.2) is 0 Å². The predicted octanol–water partition coefficient (Wildman–Crippen LogP) is 1.67. The zero-order chi connectivity index (χ0) is 13.8. The summed E-state index contributed by atoms with van der Waals surface area (Å²) in [7, 11) is 1.39. The minimum Gasteiger partial charge on any atom is -0.469 e. The van der Waals surface area contributed by atoms with Gasteiger partial charge in [-0.05, 0) is 25.2 Å². The first-order valence-electron chi connectivity index (χ1n) is 6.95. The largest absolute Gasteiger partial charge is 0.469 e. The van der Waals surface area contributed by atoms with Gasteiger partial charge in [-0.2, -0.15) is 0 Å². The van der Waals surface area contributed by atoms with Crippen LogP contribution in [0.25, 0.3) is 0 Å². The highest BCUT2D eigenvalue weighted by atomic mass is 16.5. The van der Waals surface area contributed by atoms with Crippen molar-refractivity contribution in [2.24, 2.45) is 11.8 Å². The molecule has 1 N–H and O–H groups in total. The van der Waals surface area contributed by atoms with E-state index in [1.54, 1.807) is 0 Å². The summed E-state index contributed by atoms with van der Waals surface area (Å²) in [5.41, 5.74) is -0.880. The van der Waals surface area contributed by atoms with Crippen molar-refractivity contribution in [2.45, 2.75) is 45.6 Å². The number of esters is 1. The topological polar surface area (TPSA) is 49.8 Å². The van der Waals surface area contributed by atoms with Gasteiger partial charge >= 0.3 is 5.97 Å². The maximum Gasteiger partial charge on any atom is 0.311 e. The highest BCUT2D eigenvalue weighted by Crippen LogP contribution is 2.33. The normalized spacial score (nSPS) is 21.9. The molecule has 0 bridgehead atoms. The molecule has 1 heterocycles. The molecule has 1 atom stereocenters. The van der Waals surface area contributed by atoms with E-state index >= 15 is 0 Å². The van der Waals surface area contributed by atoms with Crippen molar-refractivity contribution in [3.63, 3.8) is 0 Å². The van der Waals surface area contributed by atoms with Crippen molar-refractivity contribution in [2.75, 3.05) is 26.7 Å². The fourth-order valence-corrected chi connectivity index (χ4v) is 2.90. The van der Waals surface area contributed by atoms with Gasteiger partial charge in [0.1, 0.15) is 0 Å². The van der Waals surface area contributed by atoms with Crippen molar-refractivity contribution in [3.05, 3.63) is 0 Å². The molecule has 1 saturated heterocycles. The highest BCUT2D eigenvalue weighted by molar-refractivity contribution is 5.73. The summed E-state index contributed by atoms with van der Waals surface area (Å²) >= 11 is 0. The smallest absolute Gasteiger partial charge is 0.311 e. The van der Waals surface area contributed by atoms with Gasteiger partial charge in [0.05, 0.1) is 18.6 Å². The number of ether oxygens (including phenoxy) is 1. The molecule has 1 aliphatic heterocycles. The molecular weight excluding hydrogens is 230 g/mol. The van der Waals surface area contributed by atoms with Crippen LogP contribution in [0.15, 0.2) is 0 Å². The summed E-state index contributed by atoms with van der Waals surface area (Å²) in [6.07, 6.45) is 1.95. The molecule has 1 fully saturated rings. The SMILES string of the molecule is CCC(C(=O)OC)C1(O)CCN(CC(C)C)CC1. The summed E-state index contributed by atoms with van der Waals surface area (Å²) in [6, 6.07) is 0. The van der Waals surface area contributed by atoms with Gasteiger partial charge in [0.2, 0.25) is 0 Å². The van der Waals surface area contributed by atoms with Crippen molar-refractivity contribution < 1.29 is 14.6 Å². The van der Waals surface area contributed by atoms with E-state index in [0.717, 1.165) is 19.6 Å². The van der Waals surface area contributed by atoms with Gasteiger partial charge in [-0.25, -0.2) is 0 Å². The molecule has 4 nitrogen and oxygen atoms in total. The Balaban J connectivity index is 2.59. The maximum atomic E-state index is 11.7. The fourth-order valence-electron chi connectivity index (χ4n) is 2.90. The van der Waals surface area contributed by atoms with Gasteiger partial charge < -0.3 is 14.7 Å². The molecular formula is C14H27NO3. The van der Waals surface area contributed by atoms with Crippen LogP contribution < -0.4 is 0 Å². The average molecular weight is 257 g/mol. The lowest BCUT2D eigenvalue weighted by atomic mass is 9.78. The zero-order valence-corrected chi connectivity index (χ0v) is 12.1. The van der Waals surface area contributed by atoms with Crippen molar-refractivity contribution in [1.82, 2.24) is 4.90 Å². The van der Waals surface area contributed by atoms with Crippen LogP contribution in [0.4, 0.5) is 0 Å². The number of rotatable bonds is 5. The molecule has 0 aromatic rings. The van der Waals surface area contributed by atoms with Gasteiger partial charge in [-0.3, -0.25) is 4.79 Å². The van der Waals surface area contributed by atoms with E-state index in [9.17, 15) is 9.90 Å². The van der Waals surface area contributed by atoms with Crippen LogP contribution >= 0.6 is 0 Å². The van der Waals surface area contributed by atoms with Crippen LogP contribution in [-0.4, -0.2) is 48.3 Å². The second kappa shape index (κ2) is 6.53. The van der Waals surface area contributed by atoms with E-state index in [-0.39, 0.29) is 11.9 Å². The lowest BCUT2D eigenvalue weighted by Gasteiger charge is -2.42.